The third kappa shape index (κ3) is 4.54. The molecule has 0 saturated heterocycles. The first-order valence-corrected chi connectivity index (χ1v) is 8.54. The number of aromatic nitrogens is 1. The molecule has 8 heteroatoms. The minimum atomic E-state index is -3.43. The van der Waals surface area contributed by atoms with E-state index in [1.54, 1.807) is 42.5 Å². The monoisotopic (exact) mass is 369 g/mol. The number of pyridine rings is 1. The van der Waals surface area contributed by atoms with Crippen LogP contribution in [0.3, 0.4) is 0 Å². The Balaban J connectivity index is 2.26. The fraction of sp³-hybridized carbons (Fsp3) is 0.0769. The number of amides is 1. The molecule has 1 amide bonds. The van der Waals surface area contributed by atoms with Gasteiger partial charge in [0.1, 0.15) is 10.3 Å². The van der Waals surface area contributed by atoms with Gasteiger partial charge in [0.15, 0.2) is 0 Å². The molecule has 2 aromatic rings. The van der Waals surface area contributed by atoms with Crippen molar-refractivity contribution in [2.24, 2.45) is 0 Å². The molecule has 2 rings (SSSR count). The van der Waals surface area contributed by atoms with Gasteiger partial charge in [0.2, 0.25) is 10.0 Å². The van der Waals surface area contributed by atoms with Gasteiger partial charge in [-0.05, 0) is 40.2 Å². The summed E-state index contributed by atoms with van der Waals surface area (Å²) in [6, 6.07) is 11.5. The summed E-state index contributed by atoms with van der Waals surface area (Å²) < 4.78 is 25.5. The number of halogens is 1. The van der Waals surface area contributed by atoms with Crippen molar-refractivity contribution in [2.75, 3.05) is 16.3 Å². The largest absolute Gasteiger partial charge is 0.319 e. The molecule has 0 radical (unpaired) electrons. The predicted octanol–water partition coefficient (Wildman–Crippen LogP) is 2.47. The number of hydrogen-bond acceptors (Lipinski definition) is 4. The molecule has 0 saturated carbocycles. The quantitative estimate of drug-likeness (QED) is 0.810. The van der Waals surface area contributed by atoms with Gasteiger partial charge in [-0.15, -0.1) is 0 Å². The van der Waals surface area contributed by atoms with Crippen LogP contribution in [0.25, 0.3) is 0 Å². The molecule has 110 valence electrons. The van der Waals surface area contributed by atoms with Crippen molar-refractivity contribution in [2.45, 2.75) is 0 Å². The van der Waals surface area contributed by atoms with E-state index >= 15 is 0 Å². The van der Waals surface area contributed by atoms with E-state index in [0.29, 0.717) is 16.0 Å². The van der Waals surface area contributed by atoms with Gasteiger partial charge in [-0.2, -0.15) is 0 Å². The number of nitrogens with one attached hydrogen (secondary N) is 2. The van der Waals surface area contributed by atoms with E-state index < -0.39 is 15.9 Å². The Morgan fingerprint density at radius 3 is 2.38 bits per heavy atom. The fourth-order valence-corrected chi connectivity index (χ4v) is 2.52. The number of carbonyl (C=O) groups excluding carboxylic acids is 1. The van der Waals surface area contributed by atoms with Gasteiger partial charge in [0.25, 0.3) is 5.91 Å². The van der Waals surface area contributed by atoms with Crippen LogP contribution >= 0.6 is 15.9 Å². The lowest BCUT2D eigenvalue weighted by atomic mass is 10.2. The molecule has 0 aliphatic rings. The number of nitrogens with zero attached hydrogens (tertiary/aromatic N) is 1. The average molecular weight is 370 g/mol. The molecule has 2 N–H and O–H groups in total. The molecule has 1 aromatic heterocycles. The average Bonchev–Trinajstić information content (AvgIpc) is 2.39. The second kappa shape index (κ2) is 6.23. The number of hydrogen-bond donors (Lipinski definition) is 2. The van der Waals surface area contributed by atoms with Crippen molar-refractivity contribution in [3.63, 3.8) is 0 Å². The summed E-state index contributed by atoms with van der Waals surface area (Å²) in [5, 5.41) is 2.63. The number of sulfonamides is 1. The van der Waals surface area contributed by atoms with Crippen LogP contribution in [0, 0.1) is 0 Å². The van der Waals surface area contributed by atoms with Crippen molar-refractivity contribution < 1.29 is 13.2 Å². The number of carbonyl (C=O) groups is 1. The summed E-state index contributed by atoms with van der Waals surface area (Å²) in [6.07, 6.45) is 1.04. The van der Waals surface area contributed by atoms with Crippen molar-refractivity contribution in [1.29, 1.82) is 0 Å². The van der Waals surface area contributed by atoms with Gasteiger partial charge in [-0.3, -0.25) is 9.52 Å². The minimum Gasteiger partial charge on any atom is -0.319 e. The maximum Gasteiger partial charge on any atom is 0.274 e. The maximum atomic E-state index is 12.1. The fourth-order valence-electron chi connectivity index (χ4n) is 1.60. The molecule has 0 unspecified atom stereocenters. The lowest BCUT2D eigenvalue weighted by Gasteiger charge is -2.11. The van der Waals surface area contributed by atoms with Crippen molar-refractivity contribution >= 4 is 43.2 Å². The molecule has 0 aliphatic carbocycles. The number of benzene rings is 1. The minimum absolute atomic E-state index is 0.221. The molecule has 0 atom stereocenters. The van der Waals surface area contributed by atoms with Crippen LogP contribution in [0.4, 0.5) is 11.4 Å². The third-order valence-corrected chi connectivity index (χ3v) is 3.45. The van der Waals surface area contributed by atoms with Gasteiger partial charge >= 0.3 is 0 Å². The van der Waals surface area contributed by atoms with Gasteiger partial charge in [0, 0.05) is 0 Å². The van der Waals surface area contributed by atoms with Crippen molar-refractivity contribution in [1.82, 2.24) is 4.98 Å². The van der Waals surface area contributed by atoms with Crippen LogP contribution in [0.2, 0.25) is 0 Å². The van der Waals surface area contributed by atoms with Crippen LogP contribution < -0.4 is 10.0 Å². The Labute approximate surface area is 130 Å². The lowest BCUT2D eigenvalue weighted by molar-refractivity contribution is 0.102. The molecule has 1 aromatic carbocycles. The lowest BCUT2D eigenvalue weighted by Crippen LogP contribution is -2.17. The first kappa shape index (κ1) is 15.5. The SMILES string of the molecule is CS(=O)(=O)Nc1ccccc1NC(=O)c1cccc(Br)n1. The van der Waals surface area contributed by atoms with E-state index in [0.717, 1.165) is 6.26 Å². The standard InChI is InChI=1S/C13H12BrN3O3S/c1-21(19,20)17-10-6-3-2-5-9(10)16-13(18)11-7-4-8-12(14)15-11/h2-8,17H,1H3,(H,16,18). The highest BCUT2D eigenvalue weighted by Gasteiger charge is 2.12. The highest BCUT2D eigenvalue weighted by Crippen LogP contribution is 2.22. The van der Waals surface area contributed by atoms with Crippen molar-refractivity contribution in [3.8, 4) is 0 Å². The molecular weight excluding hydrogens is 358 g/mol. The Hall–Kier alpha value is -1.93. The summed E-state index contributed by atoms with van der Waals surface area (Å²) in [4.78, 5) is 16.2. The number of anilines is 2. The molecular formula is C13H12BrN3O3S. The first-order chi connectivity index (χ1) is 9.85. The van der Waals surface area contributed by atoms with Gasteiger partial charge in [-0.25, -0.2) is 13.4 Å². The summed E-state index contributed by atoms with van der Waals surface area (Å²) in [7, 11) is -3.43. The van der Waals surface area contributed by atoms with Gasteiger partial charge in [0.05, 0.1) is 17.6 Å². The first-order valence-electron chi connectivity index (χ1n) is 5.86. The van der Waals surface area contributed by atoms with E-state index in [4.69, 9.17) is 0 Å². The van der Waals surface area contributed by atoms with E-state index in [1.807, 2.05) is 0 Å². The zero-order valence-electron chi connectivity index (χ0n) is 11.0. The molecule has 1 heterocycles. The Morgan fingerprint density at radius 1 is 1.10 bits per heavy atom. The summed E-state index contributed by atoms with van der Waals surface area (Å²) in [5.74, 6) is -0.431. The number of para-hydroxylation sites is 2. The Kier molecular flexibility index (Phi) is 4.59. The van der Waals surface area contributed by atoms with E-state index in [2.05, 4.69) is 31.0 Å². The summed E-state index contributed by atoms with van der Waals surface area (Å²) >= 11 is 3.19. The van der Waals surface area contributed by atoms with E-state index in [1.165, 1.54) is 0 Å². The third-order valence-electron chi connectivity index (χ3n) is 2.42. The normalized spacial score (nSPS) is 11.0. The molecule has 0 spiro atoms. The van der Waals surface area contributed by atoms with Gasteiger partial charge < -0.3 is 5.32 Å². The zero-order chi connectivity index (χ0) is 15.5. The van der Waals surface area contributed by atoms with Crippen LogP contribution in [-0.2, 0) is 10.0 Å². The van der Waals surface area contributed by atoms with Crippen LogP contribution in [0.15, 0.2) is 47.1 Å². The van der Waals surface area contributed by atoms with Crippen LogP contribution in [0.1, 0.15) is 10.5 Å². The molecule has 21 heavy (non-hydrogen) atoms. The number of rotatable bonds is 4. The maximum absolute atomic E-state index is 12.1. The Morgan fingerprint density at radius 2 is 1.76 bits per heavy atom. The topological polar surface area (TPSA) is 88.2 Å². The van der Waals surface area contributed by atoms with Crippen molar-refractivity contribution in [3.05, 3.63) is 52.8 Å². The Bertz CT molecular complexity index is 778. The molecule has 0 aliphatic heterocycles. The molecule has 0 fully saturated rings. The summed E-state index contributed by atoms with van der Waals surface area (Å²) in [5.41, 5.74) is 0.872. The second-order valence-electron chi connectivity index (χ2n) is 4.22. The molecule has 0 bridgehead atoms. The van der Waals surface area contributed by atoms with Crippen LogP contribution in [0.5, 0.6) is 0 Å². The summed E-state index contributed by atoms with van der Waals surface area (Å²) in [6.45, 7) is 0. The molecule has 6 nitrogen and oxygen atoms in total. The van der Waals surface area contributed by atoms with E-state index in [9.17, 15) is 13.2 Å². The smallest absolute Gasteiger partial charge is 0.274 e. The van der Waals surface area contributed by atoms with Crippen LogP contribution in [-0.4, -0.2) is 25.6 Å². The zero-order valence-corrected chi connectivity index (χ0v) is 13.4. The second-order valence-corrected chi connectivity index (χ2v) is 6.78. The predicted molar refractivity (Wildman–Crippen MR) is 84.8 cm³/mol. The van der Waals surface area contributed by atoms with Gasteiger partial charge in [-0.1, -0.05) is 18.2 Å². The van der Waals surface area contributed by atoms with E-state index in [-0.39, 0.29) is 5.69 Å². The highest BCUT2D eigenvalue weighted by molar-refractivity contribution is 9.10. The highest BCUT2D eigenvalue weighted by atomic mass is 79.9.